The van der Waals surface area contributed by atoms with Crippen LogP contribution >= 0.6 is 0 Å². The summed E-state index contributed by atoms with van der Waals surface area (Å²) in [6.07, 6.45) is 4.89. The largest absolute Gasteiger partial charge is 0.496 e. The molecular weight excluding hydrogens is 406 g/mol. The highest BCUT2D eigenvalue weighted by Crippen LogP contribution is 2.65. The standard InChI is InChI=1S/C26H29NO5/c1-31-22-9-8-19(25(29)30)15-20(22)17-4-6-18(7-5-17)21-16-26(21)10-12-27(13-11-26)24(28)23-3-2-14-32-23/h4-9,15,21,23H,2-3,10-14,16H2,1H3,(H,29,30)/t21-,23+/m0/s1. The normalized spacial score (nSPS) is 23.8. The molecule has 2 aromatic rings. The summed E-state index contributed by atoms with van der Waals surface area (Å²) >= 11 is 0. The van der Waals surface area contributed by atoms with Gasteiger partial charge in [-0.1, -0.05) is 24.3 Å². The van der Waals surface area contributed by atoms with E-state index in [0.717, 1.165) is 49.9 Å². The number of hydrogen-bond acceptors (Lipinski definition) is 4. The van der Waals surface area contributed by atoms with Crippen LogP contribution in [0.15, 0.2) is 42.5 Å². The van der Waals surface area contributed by atoms with Gasteiger partial charge in [0.1, 0.15) is 11.9 Å². The molecule has 2 aromatic carbocycles. The smallest absolute Gasteiger partial charge is 0.335 e. The molecule has 3 fully saturated rings. The van der Waals surface area contributed by atoms with Crippen molar-refractivity contribution in [1.82, 2.24) is 4.90 Å². The number of amides is 1. The lowest BCUT2D eigenvalue weighted by Gasteiger charge is -2.34. The number of piperidine rings is 1. The first-order valence-electron chi connectivity index (χ1n) is 11.4. The van der Waals surface area contributed by atoms with Crippen LogP contribution in [0.1, 0.15) is 53.9 Å². The molecule has 0 aromatic heterocycles. The first-order valence-corrected chi connectivity index (χ1v) is 11.4. The quantitative estimate of drug-likeness (QED) is 0.756. The predicted molar refractivity (Wildman–Crippen MR) is 120 cm³/mol. The highest BCUT2D eigenvalue weighted by Gasteiger charge is 2.55. The molecule has 1 saturated carbocycles. The Balaban J connectivity index is 1.26. The molecule has 1 spiro atoms. The Labute approximate surface area is 188 Å². The maximum Gasteiger partial charge on any atom is 0.335 e. The monoisotopic (exact) mass is 435 g/mol. The van der Waals surface area contributed by atoms with Gasteiger partial charge in [-0.3, -0.25) is 4.79 Å². The molecule has 2 heterocycles. The van der Waals surface area contributed by atoms with E-state index in [9.17, 15) is 14.7 Å². The van der Waals surface area contributed by atoms with Gasteiger partial charge in [0.05, 0.1) is 12.7 Å². The van der Waals surface area contributed by atoms with E-state index in [2.05, 4.69) is 24.3 Å². The fourth-order valence-corrected chi connectivity index (χ4v) is 5.48. The molecule has 32 heavy (non-hydrogen) atoms. The van der Waals surface area contributed by atoms with Gasteiger partial charge in [-0.2, -0.15) is 0 Å². The lowest BCUT2D eigenvalue weighted by molar-refractivity contribution is -0.142. The second kappa shape index (κ2) is 8.24. The number of rotatable bonds is 5. The highest BCUT2D eigenvalue weighted by atomic mass is 16.5. The van der Waals surface area contributed by atoms with Crippen molar-refractivity contribution < 1.29 is 24.2 Å². The fourth-order valence-electron chi connectivity index (χ4n) is 5.48. The number of nitrogens with zero attached hydrogens (tertiary/aromatic N) is 1. The van der Waals surface area contributed by atoms with Crippen LogP contribution < -0.4 is 4.74 Å². The topological polar surface area (TPSA) is 76.1 Å². The molecule has 168 valence electrons. The summed E-state index contributed by atoms with van der Waals surface area (Å²) < 4.78 is 11.0. The summed E-state index contributed by atoms with van der Waals surface area (Å²) in [6.45, 7) is 2.36. The molecule has 6 heteroatoms. The van der Waals surface area contributed by atoms with Gasteiger partial charge in [0.2, 0.25) is 0 Å². The molecule has 2 aliphatic heterocycles. The number of hydrogen-bond donors (Lipinski definition) is 1. The minimum Gasteiger partial charge on any atom is -0.496 e. The number of benzene rings is 2. The van der Waals surface area contributed by atoms with Gasteiger partial charge in [0, 0.05) is 25.3 Å². The maximum atomic E-state index is 12.6. The number of methoxy groups -OCH3 is 1. The van der Waals surface area contributed by atoms with Crippen LogP contribution in [0.4, 0.5) is 0 Å². The zero-order chi connectivity index (χ0) is 22.3. The average Bonchev–Trinajstić information content (AvgIpc) is 3.24. The van der Waals surface area contributed by atoms with Crippen LogP contribution in [0.3, 0.4) is 0 Å². The van der Waals surface area contributed by atoms with Crippen LogP contribution in [0.25, 0.3) is 11.1 Å². The van der Waals surface area contributed by atoms with Gasteiger partial charge in [-0.15, -0.1) is 0 Å². The molecule has 0 unspecified atom stereocenters. The Morgan fingerprint density at radius 3 is 2.50 bits per heavy atom. The van der Waals surface area contributed by atoms with E-state index in [0.29, 0.717) is 23.7 Å². The summed E-state index contributed by atoms with van der Waals surface area (Å²) in [5.74, 6) is 0.420. The molecule has 3 aliphatic rings. The summed E-state index contributed by atoms with van der Waals surface area (Å²) in [7, 11) is 1.59. The SMILES string of the molecule is COc1ccc(C(=O)O)cc1-c1ccc([C@@H]2CC23CCN(C(=O)[C@H]2CCCO2)CC3)cc1. The molecule has 2 atom stereocenters. The van der Waals surface area contributed by atoms with E-state index in [1.54, 1.807) is 25.3 Å². The van der Waals surface area contributed by atoms with Crippen LogP contribution in [0.2, 0.25) is 0 Å². The third kappa shape index (κ3) is 3.77. The molecular formula is C26H29NO5. The Morgan fingerprint density at radius 1 is 1.12 bits per heavy atom. The minimum absolute atomic E-state index is 0.177. The zero-order valence-electron chi connectivity index (χ0n) is 18.4. The van der Waals surface area contributed by atoms with Crippen molar-refractivity contribution in [3.8, 4) is 16.9 Å². The van der Waals surface area contributed by atoms with Crippen molar-refractivity contribution in [2.45, 2.75) is 44.1 Å². The third-order valence-corrected chi connectivity index (χ3v) is 7.54. The fraction of sp³-hybridized carbons (Fsp3) is 0.462. The number of carboxylic acid groups (broad SMARTS) is 1. The Bertz CT molecular complexity index is 1020. The second-order valence-corrected chi connectivity index (χ2v) is 9.29. The van der Waals surface area contributed by atoms with E-state index in [4.69, 9.17) is 9.47 Å². The van der Waals surface area contributed by atoms with Gasteiger partial charge in [-0.05, 0) is 72.8 Å². The molecule has 0 bridgehead atoms. The van der Waals surface area contributed by atoms with Crippen LogP contribution in [-0.4, -0.2) is 54.8 Å². The Hall–Kier alpha value is -2.86. The van der Waals surface area contributed by atoms with Crippen molar-refractivity contribution in [3.05, 3.63) is 53.6 Å². The number of carbonyl (C=O) groups is 2. The number of aromatic carboxylic acids is 1. The van der Waals surface area contributed by atoms with E-state index in [-0.39, 0.29) is 17.6 Å². The molecule has 5 rings (SSSR count). The predicted octanol–water partition coefficient (Wildman–Crippen LogP) is 4.34. The molecule has 1 amide bonds. The van der Waals surface area contributed by atoms with E-state index in [1.807, 2.05) is 4.90 Å². The number of carbonyl (C=O) groups excluding carboxylic acids is 1. The van der Waals surface area contributed by atoms with Crippen molar-refractivity contribution >= 4 is 11.9 Å². The van der Waals surface area contributed by atoms with Crippen molar-refractivity contribution in [3.63, 3.8) is 0 Å². The van der Waals surface area contributed by atoms with Gasteiger partial charge < -0.3 is 19.5 Å². The van der Waals surface area contributed by atoms with Crippen LogP contribution in [0, 0.1) is 5.41 Å². The minimum atomic E-state index is -0.949. The molecule has 6 nitrogen and oxygen atoms in total. The first-order chi connectivity index (χ1) is 15.5. The average molecular weight is 436 g/mol. The number of ether oxygens (including phenoxy) is 2. The van der Waals surface area contributed by atoms with Crippen molar-refractivity contribution in [2.24, 2.45) is 5.41 Å². The molecule has 1 aliphatic carbocycles. The number of carboxylic acids is 1. The van der Waals surface area contributed by atoms with Crippen molar-refractivity contribution in [1.29, 1.82) is 0 Å². The van der Waals surface area contributed by atoms with E-state index in [1.165, 1.54) is 12.0 Å². The Morgan fingerprint density at radius 2 is 1.88 bits per heavy atom. The van der Waals surface area contributed by atoms with Crippen LogP contribution in [0.5, 0.6) is 5.75 Å². The second-order valence-electron chi connectivity index (χ2n) is 9.29. The summed E-state index contributed by atoms with van der Waals surface area (Å²) in [5.41, 5.74) is 3.61. The zero-order valence-corrected chi connectivity index (χ0v) is 18.4. The molecule has 2 saturated heterocycles. The van der Waals surface area contributed by atoms with Gasteiger partial charge in [0.25, 0.3) is 5.91 Å². The highest BCUT2D eigenvalue weighted by molar-refractivity contribution is 5.90. The summed E-state index contributed by atoms with van der Waals surface area (Å²) in [6, 6.07) is 13.4. The summed E-state index contributed by atoms with van der Waals surface area (Å²) in [5, 5.41) is 9.33. The third-order valence-electron chi connectivity index (χ3n) is 7.54. The lowest BCUT2D eigenvalue weighted by atomic mass is 9.88. The van der Waals surface area contributed by atoms with Crippen molar-refractivity contribution in [2.75, 3.05) is 26.8 Å². The van der Waals surface area contributed by atoms with E-state index < -0.39 is 5.97 Å². The lowest BCUT2D eigenvalue weighted by Crippen LogP contribution is -2.44. The maximum absolute atomic E-state index is 12.6. The van der Waals surface area contributed by atoms with Gasteiger partial charge in [-0.25, -0.2) is 4.79 Å². The van der Waals surface area contributed by atoms with Gasteiger partial charge >= 0.3 is 5.97 Å². The Kier molecular flexibility index (Phi) is 5.41. The van der Waals surface area contributed by atoms with Gasteiger partial charge in [0.15, 0.2) is 0 Å². The summed E-state index contributed by atoms with van der Waals surface area (Å²) in [4.78, 5) is 26.0. The number of likely N-dealkylation sites (tertiary alicyclic amines) is 1. The first kappa shape index (κ1) is 21.0. The molecule has 1 N–H and O–H groups in total. The van der Waals surface area contributed by atoms with E-state index >= 15 is 0 Å². The molecule has 0 radical (unpaired) electrons. The van der Waals surface area contributed by atoms with Crippen LogP contribution in [-0.2, 0) is 9.53 Å².